The number of benzene rings is 1. The number of hydrogen-bond donors (Lipinski definition) is 1. The summed E-state index contributed by atoms with van der Waals surface area (Å²) in [5.74, 6) is 1.16. The van der Waals surface area contributed by atoms with Crippen LogP contribution in [0.4, 0.5) is 5.69 Å². The Hall–Kier alpha value is -2.19. The zero-order valence-corrected chi connectivity index (χ0v) is 12.4. The standard InChI is InChI=1S/C13H14N4O4.ClH/c14-13(5-2-6-13)12-15-11(21-16-12)8-20-10-4-1-3-9(7-10)17(18)19;/h1,3-4,7H,2,5-6,8,14H2;1H. The molecule has 2 N–H and O–H groups in total. The maximum atomic E-state index is 10.7. The Morgan fingerprint density at radius 2 is 2.23 bits per heavy atom. The van der Waals surface area contributed by atoms with Gasteiger partial charge in [0.15, 0.2) is 12.4 Å². The van der Waals surface area contributed by atoms with E-state index in [1.165, 1.54) is 12.1 Å². The molecule has 0 saturated heterocycles. The fraction of sp³-hybridized carbons (Fsp3) is 0.385. The molecular formula is C13H15ClN4O4. The van der Waals surface area contributed by atoms with Crippen LogP contribution in [-0.4, -0.2) is 15.1 Å². The van der Waals surface area contributed by atoms with Gasteiger partial charge in [-0.1, -0.05) is 11.2 Å². The van der Waals surface area contributed by atoms with Crippen LogP contribution in [0.1, 0.15) is 31.0 Å². The highest BCUT2D eigenvalue weighted by molar-refractivity contribution is 5.85. The van der Waals surface area contributed by atoms with E-state index in [4.69, 9.17) is 15.0 Å². The van der Waals surface area contributed by atoms with E-state index in [-0.39, 0.29) is 24.7 Å². The fourth-order valence-corrected chi connectivity index (χ4v) is 2.13. The van der Waals surface area contributed by atoms with Crippen molar-refractivity contribution in [1.82, 2.24) is 10.1 Å². The van der Waals surface area contributed by atoms with E-state index in [9.17, 15) is 10.1 Å². The Labute approximate surface area is 132 Å². The van der Waals surface area contributed by atoms with Crippen molar-refractivity contribution in [2.75, 3.05) is 0 Å². The number of non-ortho nitro benzene ring substituents is 1. The monoisotopic (exact) mass is 326 g/mol. The summed E-state index contributed by atoms with van der Waals surface area (Å²) in [5.41, 5.74) is 5.58. The molecule has 0 amide bonds. The van der Waals surface area contributed by atoms with E-state index in [1.54, 1.807) is 12.1 Å². The van der Waals surface area contributed by atoms with Crippen LogP contribution >= 0.6 is 12.4 Å². The van der Waals surface area contributed by atoms with Gasteiger partial charge in [0.25, 0.3) is 11.6 Å². The first-order chi connectivity index (χ1) is 10.1. The molecular weight excluding hydrogens is 312 g/mol. The number of halogens is 1. The van der Waals surface area contributed by atoms with E-state index in [2.05, 4.69) is 10.1 Å². The molecule has 118 valence electrons. The maximum absolute atomic E-state index is 10.7. The summed E-state index contributed by atoms with van der Waals surface area (Å²) in [6, 6.07) is 5.91. The van der Waals surface area contributed by atoms with Crippen molar-refractivity contribution in [3.63, 3.8) is 0 Å². The van der Waals surface area contributed by atoms with Crippen LogP contribution in [0.2, 0.25) is 0 Å². The number of hydrogen-bond acceptors (Lipinski definition) is 7. The van der Waals surface area contributed by atoms with Gasteiger partial charge in [-0.15, -0.1) is 12.4 Å². The fourth-order valence-electron chi connectivity index (χ4n) is 2.13. The largest absolute Gasteiger partial charge is 0.484 e. The molecule has 9 heteroatoms. The van der Waals surface area contributed by atoms with Crippen LogP contribution in [0.3, 0.4) is 0 Å². The molecule has 1 saturated carbocycles. The Morgan fingerprint density at radius 3 is 2.86 bits per heavy atom. The lowest BCUT2D eigenvalue weighted by molar-refractivity contribution is -0.384. The molecule has 0 bridgehead atoms. The highest BCUT2D eigenvalue weighted by Crippen LogP contribution is 2.36. The number of nitrogens with two attached hydrogens (primary N) is 1. The van der Waals surface area contributed by atoms with Crippen molar-refractivity contribution in [3.05, 3.63) is 46.1 Å². The van der Waals surface area contributed by atoms with Crippen molar-refractivity contribution in [3.8, 4) is 5.75 Å². The van der Waals surface area contributed by atoms with Gasteiger partial charge >= 0.3 is 0 Å². The minimum Gasteiger partial charge on any atom is -0.484 e. The molecule has 1 fully saturated rings. The molecule has 3 rings (SSSR count). The minimum absolute atomic E-state index is 0. The molecule has 1 heterocycles. The molecule has 1 aromatic heterocycles. The third-order valence-electron chi connectivity index (χ3n) is 3.55. The lowest BCUT2D eigenvalue weighted by Crippen LogP contribution is -2.44. The number of ether oxygens (including phenoxy) is 1. The van der Waals surface area contributed by atoms with E-state index in [1.807, 2.05) is 0 Å². The number of nitrogens with zero attached hydrogens (tertiary/aromatic N) is 3. The van der Waals surface area contributed by atoms with Gasteiger partial charge in [-0.3, -0.25) is 10.1 Å². The lowest BCUT2D eigenvalue weighted by atomic mass is 9.77. The molecule has 0 spiro atoms. The first-order valence-electron chi connectivity index (χ1n) is 6.56. The van der Waals surface area contributed by atoms with Gasteiger partial charge in [0.05, 0.1) is 16.5 Å². The van der Waals surface area contributed by atoms with Crippen molar-refractivity contribution in [2.45, 2.75) is 31.4 Å². The minimum atomic E-state index is -0.480. The van der Waals surface area contributed by atoms with Gasteiger partial charge in [-0.05, 0) is 25.3 Å². The summed E-state index contributed by atoms with van der Waals surface area (Å²) >= 11 is 0. The molecule has 2 aromatic rings. The summed E-state index contributed by atoms with van der Waals surface area (Å²) < 4.78 is 10.5. The first-order valence-corrected chi connectivity index (χ1v) is 6.56. The Kier molecular flexibility index (Phi) is 4.62. The van der Waals surface area contributed by atoms with Crippen molar-refractivity contribution in [1.29, 1.82) is 0 Å². The molecule has 1 aromatic carbocycles. The second kappa shape index (κ2) is 6.29. The summed E-state index contributed by atoms with van der Waals surface area (Å²) in [5, 5.41) is 14.5. The lowest BCUT2D eigenvalue weighted by Gasteiger charge is -2.34. The van der Waals surface area contributed by atoms with Gasteiger partial charge in [0, 0.05) is 6.07 Å². The van der Waals surface area contributed by atoms with Crippen LogP contribution in [0.25, 0.3) is 0 Å². The second-order valence-electron chi connectivity index (χ2n) is 5.06. The molecule has 22 heavy (non-hydrogen) atoms. The smallest absolute Gasteiger partial charge is 0.273 e. The molecule has 1 aliphatic carbocycles. The number of rotatable bonds is 5. The molecule has 0 atom stereocenters. The van der Waals surface area contributed by atoms with Gasteiger partial charge in [0.2, 0.25) is 0 Å². The second-order valence-corrected chi connectivity index (χ2v) is 5.06. The first kappa shape index (κ1) is 16.2. The highest BCUT2D eigenvalue weighted by atomic mass is 35.5. The van der Waals surface area contributed by atoms with Gasteiger partial charge in [-0.2, -0.15) is 4.98 Å². The van der Waals surface area contributed by atoms with Crippen LogP contribution in [0.5, 0.6) is 5.75 Å². The predicted octanol–water partition coefficient (Wildman–Crippen LogP) is 2.32. The Balaban J connectivity index is 0.00000176. The average Bonchev–Trinajstić information content (AvgIpc) is 2.92. The number of aromatic nitrogens is 2. The quantitative estimate of drug-likeness (QED) is 0.661. The topological polar surface area (TPSA) is 117 Å². The van der Waals surface area contributed by atoms with Gasteiger partial charge < -0.3 is 15.0 Å². The predicted molar refractivity (Wildman–Crippen MR) is 78.7 cm³/mol. The van der Waals surface area contributed by atoms with Crippen LogP contribution < -0.4 is 10.5 Å². The Bertz CT molecular complexity index is 672. The zero-order valence-electron chi connectivity index (χ0n) is 11.6. The highest BCUT2D eigenvalue weighted by Gasteiger charge is 2.38. The maximum Gasteiger partial charge on any atom is 0.273 e. The third kappa shape index (κ3) is 3.18. The zero-order chi connectivity index (χ0) is 14.9. The molecule has 8 nitrogen and oxygen atoms in total. The van der Waals surface area contributed by atoms with E-state index in [0.717, 1.165) is 19.3 Å². The molecule has 0 aliphatic heterocycles. The SMILES string of the molecule is Cl.NC1(c2noc(COc3cccc([N+](=O)[O-])c3)n2)CCC1. The summed E-state index contributed by atoms with van der Waals surface area (Å²) in [7, 11) is 0. The Morgan fingerprint density at radius 1 is 1.45 bits per heavy atom. The number of nitro benzene ring substituents is 1. The van der Waals surface area contributed by atoms with Crippen LogP contribution in [0.15, 0.2) is 28.8 Å². The van der Waals surface area contributed by atoms with E-state index < -0.39 is 10.5 Å². The summed E-state index contributed by atoms with van der Waals surface area (Å²) in [4.78, 5) is 14.4. The average molecular weight is 327 g/mol. The van der Waals surface area contributed by atoms with Crippen molar-refractivity contribution in [2.24, 2.45) is 5.73 Å². The van der Waals surface area contributed by atoms with E-state index in [0.29, 0.717) is 17.5 Å². The normalized spacial score (nSPS) is 15.5. The van der Waals surface area contributed by atoms with Gasteiger partial charge in [0.1, 0.15) is 5.75 Å². The molecule has 1 aliphatic rings. The molecule has 0 radical (unpaired) electrons. The van der Waals surface area contributed by atoms with Crippen molar-refractivity contribution < 1.29 is 14.2 Å². The summed E-state index contributed by atoms with van der Waals surface area (Å²) in [6.45, 7) is 0.0459. The summed E-state index contributed by atoms with van der Waals surface area (Å²) in [6.07, 6.45) is 2.75. The van der Waals surface area contributed by atoms with Crippen LogP contribution in [-0.2, 0) is 12.1 Å². The van der Waals surface area contributed by atoms with E-state index >= 15 is 0 Å². The molecule has 0 unspecified atom stereocenters. The third-order valence-corrected chi connectivity index (χ3v) is 3.55. The number of nitro groups is 1. The van der Waals surface area contributed by atoms with Crippen LogP contribution in [0, 0.1) is 10.1 Å². The van der Waals surface area contributed by atoms with Gasteiger partial charge in [-0.25, -0.2) is 0 Å². The van der Waals surface area contributed by atoms with Crippen molar-refractivity contribution >= 4 is 18.1 Å².